The minimum absolute atomic E-state index is 0.198. The molecule has 2 N–H and O–H groups in total. The molecule has 2 heterocycles. The first kappa shape index (κ1) is 12.3. The highest BCUT2D eigenvalue weighted by molar-refractivity contribution is 6.30. The average molecular weight is 276 g/mol. The van der Waals surface area contributed by atoms with Crippen LogP contribution in [0.2, 0.25) is 5.22 Å². The number of nitrogens with zero attached hydrogens (tertiary/aromatic N) is 1. The smallest absolute Gasteiger partial charge is 0.199 e. The Kier molecular flexibility index (Phi) is 3.27. The van der Waals surface area contributed by atoms with E-state index in [2.05, 4.69) is 22.4 Å². The topological polar surface area (TPSA) is 53.9 Å². The van der Waals surface area contributed by atoms with E-state index in [1.807, 2.05) is 36.7 Å². The number of para-hydroxylation sites is 1. The molecule has 0 radical (unpaired) electrons. The fourth-order valence-electron chi connectivity index (χ4n) is 2.10. The minimum atomic E-state index is 0.198. The second-order valence-corrected chi connectivity index (χ2v) is 4.83. The molecule has 1 unspecified atom stereocenters. The maximum absolute atomic E-state index is 6.15. The Morgan fingerprint density at radius 3 is 3.05 bits per heavy atom. The van der Waals surface area contributed by atoms with Crippen molar-refractivity contribution in [3.05, 3.63) is 53.0 Å². The number of aromatic nitrogens is 2. The molecule has 2 aromatic heterocycles. The number of aromatic amines is 1. The van der Waals surface area contributed by atoms with Gasteiger partial charge < -0.3 is 9.73 Å². The summed E-state index contributed by atoms with van der Waals surface area (Å²) in [7, 11) is 0. The summed E-state index contributed by atoms with van der Waals surface area (Å²) in [4.78, 5) is 0. The summed E-state index contributed by atoms with van der Waals surface area (Å²) in [6, 6.07) is 8.06. The van der Waals surface area contributed by atoms with E-state index in [4.69, 9.17) is 16.0 Å². The van der Waals surface area contributed by atoms with Crippen LogP contribution in [0.4, 0.5) is 0 Å². The Morgan fingerprint density at radius 1 is 1.42 bits per heavy atom. The first-order valence-corrected chi connectivity index (χ1v) is 6.51. The molecule has 5 heteroatoms. The molecule has 0 aliphatic rings. The molecule has 0 bridgehead atoms. The molecule has 1 aromatic carbocycles. The summed E-state index contributed by atoms with van der Waals surface area (Å²) < 4.78 is 5.53. The van der Waals surface area contributed by atoms with Crippen molar-refractivity contribution in [2.75, 3.05) is 0 Å². The van der Waals surface area contributed by atoms with Gasteiger partial charge in [0, 0.05) is 35.3 Å². The van der Waals surface area contributed by atoms with E-state index in [1.165, 1.54) is 0 Å². The lowest BCUT2D eigenvalue weighted by molar-refractivity contribution is 0.563. The lowest BCUT2D eigenvalue weighted by Gasteiger charge is -2.11. The van der Waals surface area contributed by atoms with Crippen molar-refractivity contribution in [1.82, 2.24) is 15.5 Å². The highest BCUT2D eigenvalue weighted by Gasteiger charge is 2.13. The van der Waals surface area contributed by atoms with E-state index in [0.717, 1.165) is 22.1 Å². The third kappa shape index (κ3) is 2.37. The monoisotopic (exact) mass is 275 g/mol. The van der Waals surface area contributed by atoms with E-state index in [1.54, 1.807) is 0 Å². The van der Waals surface area contributed by atoms with Gasteiger partial charge in [0.25, 0.3) is 0 Å². The Bertz CT molecular complexity index is 675. The van der Waals surface area contributed by atoms with Gasteiger partial charge in [0.1, 0.15) is 5.58 Å². The third-order valence-corrected chi connectivity index (χ3v) is 3.56. The van der Waals surface area contributed by atoms with Crippen LogP contribution >= 0.6 is 11.6 Å². The first-order chi connectivity index (χ1) is 9.25. The third-order valence-electron chi connectivity index (χ3n) is 3.25. The number of H-pyrrole nitrogens is 1. The van der Waals surface area contributed by atoms with E-state index in [9.17, 15) is 0 Å². The van der Waals surface area contributed by atoms with Crippen LogP contribution in [0.25, 0.3) is 11.0 Å². The number of furan rings is 1. The Morgan fingerprint density at radius 2 is 2.26 bits per heavy atom. The molecule has 0 aliphatic carbocycles. The number of hydrogen-bond donors (Lipinski definition) is 2. The molecule has 3 rings (SSSR count). The molecule has 4 nitrogen and oxygen atoms in total. The zero-order chi connectivity index (χ0) is 13.2. The quantitative estimate of drug-likeness (QED) is 0.764. The van der Waals surface area contributed by atoms with Gasteiger partial charge in [0.2, 0.25) is 0 Å². The van der Waals surface area contributed by atoms with E-state index in [-0.39, 0.29) is 6.04 Å². The van der Waals surface area contributed by atoms with Crippen molar-refractivity contribution in [3.63, 3.8) is 0 Å². The summed E-state index contributed by atoms with van der Waals surface area (Å²) >= 11 is 6.15. The molecule has 19 heavy (non-hydrogen) atoms. The van der Waals surface area contributed by atoms with Gasteiger partial charge in [-0.05, 0) is 24.6 Å². The lowest BCUT2D eigenvalue weighted by atomic mass is 10.1. The molecule has 98 valence electrons. The SMILES string of the molecule is CC(NCc1c(Cl)oc2ccccc12)c1cn[nH]c1. The Labute approximate surface area is 115 Å². The maximum Gasteiger partial charge on any atom is 0.199 e. The zero-order valence-electron chi connectivity index (χ0n) is 10.5. The summed E-state index contributed by atoms with van der Waals surface area (Å²) in [6.07, 6.45) is 3.69. The molecule has 3 aromatic rings. The number of benzene rings is 1. The molecule has 0 spiro atoms. The standard InChI is InChI=1S/C14H14ClN3O/c1-9(10-6-17-18-7-10)16-8-12-11-4-2-3-5-13(11)19-14(12)15/h2-7,9,16H,8H2,1H3,(H,17,18). The molecule has 0 saturated carbocycles. The van der Waals surface area contributed by atoms with Crippen LogP contribution in [-0.4, -0.2) is 10.2 Å². The van der Waals surface area contributed by atoms with Crippen LogP contribution in [0.15, 0.2) is 41.1 Å². The van der Waals surface area contributed by atoms with E-state index in [0.29, 0.717) is 11.8 Å². The van der Waals surface area contributed by atoms with Crippen molar-refractivity contribution < 1.29 is 4.42 Å². The summed E-state index contributed by atoms with van der Waals surface area (Å²) in [5.41, 5.74) is 2.93. The van der Waals surface area contributed by atoms with Gasteiger partial charge in [0.15, 0.2) is 5.22 Å². The predicted molar refractivity (Wildman–Crippen MR) is 75.1 cm³/mol. The summed E-state index contributed by atoms with van der Waals surface area (Å²) in [5, 5.41) is 11.7. The van der Waals surface area contributed by atoms with Crippen LogP contribution in [0.1, 0.15) is 24.1 Å². The molecular formula is C14H14ClN3O. The highest BCUT2D eigenvalue weighted by atomic mass is 35.5. The van der Waals surface area contributed by atoms with Gasteiger partial charge in [-0.2, -0.15) is 5.10 Å². The number of rotatable bonds is 4. The molecule has 0 aliphatic heterocycles. The van der Waals surface area contributed by atoms with Crippen molar-refractivity contribution in [3.8, 4) is 0 Å². The minimum Gasteiger partial charge on any atom is -0.444 e. The number of fused-ring (bicyclic) bond motifs is 1. The maximum atomic E-state index is 6.15. The second-order valence-electron chi connectivity index (χ2n) is 4.48. The number of halogens is 1. The largest absolute Gasteiger partial charge is 0.444 e. The van der Waals surface area contributed by atoms with Crippen LogP contribution in [-0.2, 0) is 6.54 Å². The van der Waals surface area contributed by atoms with Crippen LogP contribution < -0.4 is 5.32 Å². The second kappa shape index (κ2) is 5.07. The first-order valence-electron chi connectivity index (χ1n) is 6.13. The van der Waals surface area contributed by atoms with Gasteiger partial charge >= 0.3 is 0 Å². The van der Waals surface area contributed by atoms with E-state index >= 15 is 0 Å². The van der Waals surface area contributed by atoms with Gasteiger partial charge in [-0.15, -0.1) is 0 Å². The Balaban J connectivity index is 1.80. The number of hydrogen-bond acceptors (Lipinski definition) is 3. The lowest BCUT2D eigenvalue weighted by Crippen LogP contribution is -2.17. The average Bonchev–Trinajstić information content (AvgIpc) is 3.03. The van der Waals surface area contributed by atoms with Gasteiger partial charge in [-0.1, -0.05) is 18.2 Å². The molecule has 1 atom stereocenters. The zero-order valence-corrected chi connectivity index (χ0v) is 11.2. The predicted octanol–water partition coefficient (Wildman–Crippen LogP) is 3.66. The summed E-state index contributed by atoms with van der Waals surface area (Å²) in [6.45, 7) is 2.74. The molecule has 0 amide bonds. The molecule has 0 fully saturated rings. The van der Waals surface area contributed by atoms with Crippen LogP contribution in [0, 0.1) is 0 Å². The fraction of sp³-hybridized carbons (Fsp3) is 0.214. The van der Waals surface area contributed by atoms with Crippen molar-refractivity contribution in [2.45, 2.75) is 19.5 Å². The van der Waals surface area contributed by atoms with Crippen molar-refractivity contribution in [2.24, 2.45) is 0 Å². The highest BCUT2D eigenvalue weighted by Crippen LogP contribution is 2.29. The van der Waals surface area contributed by atoms with Crippen LogP contribution in [0.5, 0.6) is 0 Å². The number of nitrogens with one attached hydrogen (secondary N) is 2. The molecular weight excluding hydrogens is 262 g/mol. The van der Waals surface area contributed by atoms with Crippen LogP contribution in [0.3, 0.4) is 0 Å². The fourth-order valence-corrected chi connectivity index (χ4v) is 2.36. The normalized spacial score (nSPS) is 12.9. The van der Waals surface area contributed by atoms with Gasteiger partial charge in [-0.25, -0.2) is 0 Å². The Hall–Kier alpha value is -1.78. The van der Waals surface area contributed by atoms with Crippen molar-refractivity contribution >= 4 is 22.6 Å². The van der Waals surface area contributed by atoms with E-state index < -0.39 is 0 Å². The summed E-state index contributed by atoms with van der Waals surface area (Å²) in [5.74, 6) is 0. The van der Waals surface area contributed by atoms with Gasteiger partial charge in [-0.3, -0.25) is 5.10 Å². The van der Waals surface area contributed by atoms with Gasteiger partial charge in [0.05, 0.1) is 6.20 Å². The van der Waals surface area contributed by atoms with Crippen molar-refractivity contribution in [1.29, 1.82) is 0 Å². The molecule has 0 saturated heterocycles.